The number of carbonyl (C=O) groups is 1. The molecular formula is C12H20F2N4O2S. The summed E-state index contributed by atoms with van der Waals surface area (Å²) >= 11 is 0.610. The molecule has 0 saturated heterocycles. The van der Waals surface area contributed by atoms with Crippen LogP contribution in [0, 0.1) is 5.92 Å². The normalized spacial score (nSPS) is 14.3. The Kier molecular flexibility index (Phi) is 6.41. The maximum absolute atomic E-state index is 12.3. The second-order valence-corrected chi connectivity index (χ2v) is 6.49. The highest BCUT2D eigenvalue weighted by Gasteiger charge is 2.22. The highest BCUT2D eigenvalue weighted by Crippen LogP contribution is 2.25. The van der Waals surface area contributed by atoms with Crippen LogP contribution in [0.4, 0.5) is 18.7 Å². The molecule has 0 aliphatic rings. The van der Waals surface area contributed by atoms with E-state index in [2.05, 4.69) is 20.8 Å². The Morgan fingerprint density at radius 1 is 1.43 bits per heavy atom. The van der Waals surface area contributed by atoms with Crippen molar-refractivity contribution in [3.05, 3.63) is 5.01 Å². The topological polar surface area (TPSA) is 87.1 Å². The van der Waals surface area contributed by atoms with Crippen LogP contribution in [0.25, 0.3) is 0 Å². The second kappa shape index (κ2) is 7.60. The number of rotatable bonds is 7. The highest BCUT2D eigenvalue weighted by atomic mass is 32.1. The molecular weight excluding hydrogens is 302 g/mol. The lowest BCUT2D eigenvalue weighted by Gasteiger charge is -2.24. The molecule has 0 aliphatic heterocycles. The lowest BCUT2D eigenvalue weighted by molar-refractivity contribution is 0.0481. The van der Waals surface area contributed by atoms with Crippen molar-refractivity contribution < 1.29 is 18.7 Å². The first-order valence-electron chi connectivity index (χ1n) is 6.58. The third-order valence-electron chi connectivity index (χ3n) is 2.74. The second-order valence-electron chi connectivity index (χ2n) is 5.48. The third kappa shape index (κ3) is 6.76. The number of nitrogens with one attached hydrogen (secondary N) is 2. The minimum Gasteiger partial charge on any atom is -0.388 e. The molecule has 0 saturated carbocycles. The van der Waals surface area contributed by atoms with E-state index < -0.39 is 23.1 Å². The molecule has 120 valence electrons. The molecule has 3 N–H and O–H groups in total. The van der Waals surface area contributed by atoms with Gasteiger partial charge in [0.05, 0.1) is 5.60 Å². The molecule has 21 heavy (non-hydrogen) atoms. The predicted octanol–water partition coefficient (Wildman–Crippen LogP) is 2.78. The summed E-state index contributed by atoms with van der Waals surface area (Å²) < 4.78 is 24.6. The van der Waals surface area contributed by atoms with Crippen LogP contribution >= 0.6 is 11.3 Å². The summed E-state index contributed by atoms with van der Waals surface area (Å²) in [4.78, 5) is 11.6. The lowest BCUT2D eigenvalue weighted by Crippen LogP contribution is -2.42. The van der Waals surface area contributed by atoms with E-state index in [0.29, 0.717) is 23.7 Å². The van der Waals surface area contributed by atoms with Crippen LogP contribution in [0.2, 0.25) is 0 Å². The van der Waals surface area contributed by atoms with Gasteiger partial charge in [-0.15, -0.1) is 10.2 Å². The molecule has 2 amide bonds. The molecule has 1 unspecified atom stereocenters. The van der Waals surface area contributed by atoms with Gasteiger partial charge in [0.1, 0.15) is 0 Å². The zero-order chi connectivity index (χ0) is 16.0. The van der Waals surface area contributed by atoms with Crippen molar-refractivity contribution in [1.82, 2.24) is 15.5 Å². The number of carbonyl (C=O) groups excluding carboxylic acids is 1. The van der Waals surface area contributed by atoms with Crippen molar-refractivity contribution in [2.45, 2.75) is 45.6 Å². The number of nitrogens with zero attached hydrogens (tertiary/aromatic N) is 2. The number of anilines is 1. The van der Waals surface area contributed by atoms with E-state index >= 15 is 0 Å². The van der Waals surface area contributed by atoms with E-state index in [1.807, 2.05) is 13.8 Å². The number of urea groups is 1. The van der Waals surface area contributed by atoms with Crippen LogP contribution in [0.3, 0.4) is 0 Å². The number of aromatic nitrogens is 2. The number of amides is 2. The molecule has 0 spiro atoms. The summed E-state index contributed by atoms with van der Waals surface area (Å²) in [6.07, 6.45) is -1.32. The van der Waals surface area contributed by atoms with Gasteiger partial charge in [-0.1, -0.05) is 25.2 Å². The molecule has 1 rings (SSSR count). The molecule has 0 radical (unpaired) electrons. The van der Waals surface area contributed by atoms with Gasteiger partial charge < -0.3 is 10.4 Å². The summed E-state index contributed by atoms with van der Waals surface area (Å²) in [5.74, 6) is 0.458. The Labute approximate surface area is 126 Å². The van der Waals surface area contributed by atoms with Gasteiger partial charge in [-0.25, -0.2) is 13.6 Å². The van der Waals surface area contributed by atoms with Crippen LogP contribution in [-0.4, -0.2) is 33.5 Å². The van der Waals surface area contributed by atoms with E-state index in [0.717, 1.165) is 6.42 Å². The average Bonchev–Trinajstić information content (AvgIpc) is 2.83. The Bertz CT molecular complexity index is 466. The van der Waals surface area contributed by atoms with Crippen molar-refractivity contribution in [2.24, 2.45) is 5.92 Å². The Hall–Kier alpha value is -1.35. The SMILES string of the molecule is CC(C)CCC(C)(O)CNC(=O)Nc1nnc(C(F)F)s1. The molecule has 6 nitrogen and oxygen atoms in total. The minimum absolute atomic E-state index is 0.00961. The Morgan fingerprint density at radius 3 is 2.62 bits per heavy atom. The largest absolute Gasteiger partial charge is 0.388 e. The van der Waals surface area contributed by atoms with E-state index in [1.165, 1.54) is 0 Å². The predicted molar refractivity (Wildman–Crippen MR) is 76.6 cm³/mol. The van der Waals surface area contributed by atoms with E-state index in [-0.39, 0.29) is 11.7 Å². The van der Waals surface area contributed by atoms with Gasteiger partial charge in [-0.2, -0.15) is 0 Å². The fraction of sp³-hybridized carbons (Fsp3) is 0.750. The fourth-order valence-electron chi connectivity index (χ4n) is 1.47. The van der Waals surface area contributed by atoms with Crippen molar-refractivity contribution >= 4 is 22.5 Å². The van der Waals surface area contributed by atoms with Gasteiger partial charge in [0.2, 0.25) is 5.13 Å². The molecule has 1 aromatic rings. The monoisotopic (exact) mass is 322 g/mol. The van der Waals surface area contributed by atoms with E-state index in [4.69, 9.17) is 0 Å². The Balaban J connectivity index is 2.39. The van der Waals surface area contributed by atoms with Gasteiger partial charge in [0.25, 0.3) is 6.43 Å². The van der Waals surface area contributed by atoms with Gasteiger partial charge >= 0.3 is 6.03 Å². The Morgan fingerprint density at radius 2 is 2.10 bits per heavy atom. The number of hydrogen-bond donors (Lipinski definition) is 3. The van der Waals surface area contributed by atoms with E-state index in [9.17, 15) is 18.7 Å². The van der Waals surface area contributed by atoms with Crippen LogP contribution in [0.1, 0.15) is 45.0 Å². The molecule has 9 heteroatoms. The lowest BCUT2D eigenvalue weighted by atomic mass is 9.95. The third-order valence-corrected chi connectivity index (χ3v) is 3.58. The first-order chi connectivity index (χ1) is 9.69. The smallest absolute Gasteiger partial charge is 0.321 e. The minimum atomic E-state index is -2.71. The van der Waals surface area contributed by atoms with Crippen molar-refractivity contribution in [1.29, 1.82) is 0 Å². The maximum Gasteiger partial charge on any atom is 0.321 e. The van der Waals surface area contributed by atoms with Crippen molar-refractivity contribution in [2.75, 3.05) is 11.9 Å². The number of halogens is 2. The summed E-state index contributed by atoms with van der Waals surface area (Å²) in [6, 6.07) is -0.614. The summed E-state index contributed by atoms with van der Waals surface area (Å²) in [5.41, 5.74) is -1.02. The molecule has 1 heterocycles. The maximum atomic E-state index is 12.3. The van der Waals surface area contributed by atoms with Crippen LogP contribution in [0.5, 0.6) is 0 Å². The zero-order valence-electron chi connectivity index (χ0n) is 12.2. The number of aliphatic hydroxyl groups is 1. The van der Waals surface area contributed by atoms with Crippen LogP contribution in [0.15, 0.2) is 0 Å². The zero-order valence-corrected chi connectivity index (χ0v) is 13.0. The molecule has 0 bridgehead atoms. The van der Waals surface area contributed by atoms with Gasteiger partial charge in [0, 0.05) is 6.54 Å². The van der Waals surface area contributed by atoms with Crippen molar-refractivity contribution in [3.8, 4) is 0 Å². The van der Waals surface area contributed by atoms with Gasteiger partial charge in [-0.05, 0) is 25.7 Å². The standard InChI is InChI=1S/C12H20F2N4O2S/c1-7(2)4-5-12(3,20)6-15-10(19)16-11-18-17-9(21-11)8(13)14/h7-8,20H,4-6H2,1-3H3,(H2,15,16,18,19). The summed E-state index contributed by atoms with van der Waals surface area (Å²) in [6.45, 7) is 5.79. The highest BCUT2D eigenvalue weighted by molar-refractivity contribution is 7.15. The molecule has 1 atom stereocenters. The number of alkyl halides is 2. The quantitative estimate of drug-likeness (QED) is 0.720. The number of hydrogen-bond acceptors (Lipinski definition) is 5. The average molecular weight is 322 g/mol. The molecule has 0 fully saturated rings. The molecule has 0 aromatic carbocycles. The first kappa shape index (κ1) is 17.7. The van der Waals surface area contributed by atoms with Crippen LogP contribution < -0.4 is 10.6 Å². The summed E-state index contributed by atoms with van der Waals surface area (Å²) in [5, 5.41) is 21.1. The van der Waals surface area contributed by atoms with Crippen molar-refractivity contribution in [3.63, 3.8) is 0 Å². The molecule has 0 aliphatic carbocycles. The van der Waals surface area contributed by atoms with E-state index in [1.54, 1.807) is 6.92 Å². The van der Waals surface area contributed by atoms with Gasteiger partial charge in [0.15, 0.2) is 5.01 Å². The summed E-state index contributed by atoms with van der Waals surface area (Å²) in [7, 11) is 0. The van der Waals surface area contributed by atoms with Gasteiger partial charge in [-0.3, -0.25) is 5.32 Å². The molecule has 1 aromatic heterocycles. The van der Waals surface area contributed by atoms with Crippen LogP contribution in [-0.2, 0) is 0 Å². The fourth-order valence-corrected chi connectivity index (χ4v) is 2.07. The first-order valence-corrected chi connectivity index (χ1v) is 7.40.